The maximum atomic E-state index is 11.7. The summed E-state index contributed by atoms with van der Waals surface area (Å²) in [5.41, 5.74) is 0.855. The molecule has 2 nitrogen and oxygen atoms in total. The van der Waals surface area contributed by atoms with Crippen LogP contribution in [-0.2, 0) is 4.74 Å². The molecular formula is C10H11F3O2. The highest BCUT2D eigenvalue weighted by Crippen LogP contribution is 2.17. The fraction of sp³-hybridized carbons (Fsp3) is 0.400. The number of ether oxygens (including phenoxy) is 2. The highest BCUT2D eigenvalue weighted by atomic mass is 19.4. The fourth-order valence-corrected chi connectivity index (χ4v) is 0.981. The maximum Gasteiger partial charge on any atom is 0.411 e. The van der Waals surface area contributed by atoms with Crippen LogP contribution in [-0.4, -0.2) is 19.6 Å². The summed E-state index contributed by atoms with van der Waals surface area (Å²) in [6.45, 7) is 0.113. The zero-order chi connectivity index (χ0) is 11.3. The summed E-state index contributed by atoms with van der Waals surface area (Å²) in [5.74, 6) is 0.527. The van der Waals surface area contributed by atoms with E-state index in [2.05, 4.69) is 4.74 Å². The molecule has 0 spiro atoms. The number of rotatable bonds is 4. The van der Waals surface area contributed by atoms with Crippen molar-refractivity contribution >= 4 is 0 Å². The van der Waals surface area contributed by atoms with E-state index in [0.717, 1.165) is 5.56 Å². The van der Waals surface area contributed by atoms with Crippen LogP contribution in [0.15, 0.2) is 24.3 Å². The molecule has 0 atom stereocenters. The van der Waals surface area contributed by atoms with E-state index in [-0.39, 0.29) is 0 Å². The minimum Gasteiger partial charge on any atom is -0.467 e. The van der Waals surface area contributed by atoms with Gasteiger partial charge in [-0.25, -0.2) is 0 Å². The van der Waals surface area contributed by atoms with E-state index in [0.29, 0.717) is 5.75 Å². The molecule has 0 aromatic heterocycles. The molecule has 1 aromatic carbocycles. The smallest absolute Gasteiger partial charge is 0.411 e. The molecule has 0 saturated carbocycles. The third-order valence-corrected chi connectivity index (χ3v) is 1.66. The van der Waals surface area contributed by atoms with Gasteiger partial charge in [-0.2, -0.15) is 13.2 Å². The molecule has 1 rings (SSSR count). The van der Waals surface area contributed by atoms with Crippen molar-refractivity contribution in [3.63, 3.8) is 0 Å². The lowest BCUT2D eigenvalue weighted by Gasteiger charge is -2.10. The highest BCUT2D eigenvalue weighted by Gasteiger charge is 2.27. The SMILES string of the molecule is Cc1ccccc1OCOCC(F)(F)F. The van der Waals surface area contributed by atoms with E-state index in [1.165, 1.54) is 0 Å². The second-order valence-corrected chi connectivity index (χ2v) is 2.99. The van der Waals surface area contributed by atoms with Crippen LogP contribution in [0.1, 0.15) is 5.56 Å². The van der Waals surface area contributed by atoms with Gasteiger partial charge in [-0.1, -0.05) is 18.2 Å². The van der Waals surface area contributed by atoms with Crippen LogP contribution in [0.4, 0.5) is 13.2 Å². The van der Waals surface area contributed by atoms with Gasteiger partial charge in [0.1, 0.15) is 12.4 Å². The number of hydrogen-bond acceptors (Lipinski definition) is 2. The highest BCUT2D eigenvalue weighted by molar-refractivity contribution is 5.31. The number of halogens is 3. The lowest BCUT2D eigenvalue weighted by atomic mass is 10.2. The molecule has 0 radical (unpaired) electrons. The van der Waals surface area contributed by atoms with Gasteiger partial charge in [0.05, 0.1) is 0 Å². The predicted molar refractivity (Wildman–Crippen MR) is 48.7 cm³/mol. The molecule has 15 heavy (non-hydrogen) atoms. The average Bonchev–Trinajstić information content (AvgIpc) is 2.13. The van der Waals surface area contributed by atoms with Crippen molar-refractivity contribution in [2.45, 2.75) is 13.1 Å². The summed E-state index contributed by atoms with van der Waals surface area (Å²) in [4.78, 5) is 0. The molecule has 1 aromatic rings. The molecule has 0 unspecified atom stereocenters. The van der Waals surface area contributed by atoms with E-state index in [1.54, 1.807) is 25.1 Å². The number of aryl methyl sites for hydroxylation is 1. The first kappa shape index (κ1) is 11.8. The van der Waals surface area contributed by atoms with Crippen molar-refractivity contribution in [1.29, 1.82) is 0 Å². The van der Waals surface area contributed by atoms with Crippen molar-refractivity contribution in [1.82, 2.24) is 0 Å². The summed E-state index contributed by atoms with van der Waals surface area (Å²) < 4.78 is 44.4. The Morgan fingerprint density at radius 2 is 1.87 bits per heavy atom. The summed E-state index contributed by atoms with van der Waals surface area (Å²) in [7, 11) is 0. The van der Waals surface area contributed by atoms with Crippen molar-refractivity contribution in [3.05, 3.63) is 29.8 Å². The molecule has 0 heterocycles. The molecule has 5 heteroatoms. The second kappa shape index (κ2) is 5.02. The summed E-state index contributed by atoms with van der Waals surface area (Å²) in [6.07, 6.45) is -4.31. The Morgan fingerprint density at radius 3 is 2.47 bits per heavy atom. The standard InChI is InChI=1S/C10H11F3O2/c1-8-4-2-3-5-9(8)15-7-14-6-10(11,12)13/h2-5H,6-7H2,1H3. The topological polar surface area (TPSA) is 18.5 Å². The maximum absolute atomic E-state index is 11.7. The summed E-state index contributed by atoms with van der Waals surface area (Å²) in [6, 6.07) is 7.04. The van der Waals surface area contributed by atoms with Gasteiger partial charge in [-0.05, 0) is 18.6 Å². The molecular weight excluding hydrogens is 209 g/mol. The van der Waals surface area contributed by atoms with Crippen molar-refractivity contribution < 1.29 is 22.6 Å². The molecule has 0 aliphatic rings. The number of alkyl halides is 3. The van der Waals surface area contributed by atoms with Crippen LogP contribution in [0.2, 0.25) is 0 Å². The zero-order valence-corrected chi connectivity index (χ0v) is 8.17. The number of hydrogen-bond donors (Lipinski definition) is 0. The Hall–Kier alpha value is -1.23. The quantitative estimate of drug-likeness (QED) is 0.573. The van der Waals surface area contributed by atoms with Gasteiger partial charge in [0.2, 0.25) is 0 Å². The largest absolute Gasteiger partial charge is 0.467 e. The van der Waals surface area contributed by atoms with E-state index in [9.17, 15) is 13.2 Å². The van der Waals surface area contributed by atoms with Crippen LogP contribution >= 0.6 is 0 Å². The van der Waals surface area contributed by atoms with Crippen LogP contribution in [0.25, 0.3) is 0 Å². The van der Waals surface area contributed by atoms with Crippen molar-refractivity contribution in [3.8, 4) is 5.75 Å². The third-order valence-electron chi connectivity index (χ3n) is 1.66. The Bertz CT molecular complexity index is 310. The van der Waals surface area contributed by atoms with Gasteiger partial charge < -0.3 is 9.47 Å². The Labute approximate surface area is 85.6 Å². The number of para-hydroxylation sites is 1. The first-order valence-electron chi connectivity index (χ1n) is 4.32. The van der Waals surface area contributed by atoms with Crippen molar-refractivity contribution in [2.75, 3.05) is 13.4 Å². The molecule has 84 valence electrons. The molecule has 0 amide bonds. The first-order valence-corrected chi connectivity index (χ1v) is 4.32. The third kappa shape index (κ3) is 4.69. The molecule has 0 N–H and O–H groups in total. The minimum atomic E-state index is -4.31. The van der Waals surface area contributed by atoms with Crippen LogP contribution in [0, 0.1) is 6.92 Å². The first-order chi connectivity index (χ1) is 6.99. The van der Waals surface area contributed by atoms with Gasteiger partial charge in [0.15, 0.2) is 6.79 Å². The molecule has 0 bridgehead atoms. The normalized spacial score (nSPS) is 11.5. The molecule has 0 saturated heterocycles. The summed E-state index contributed by atoms with van der Waals surface area (Å²) >= 11 is 0. The fourth-order valence-electron chi connectivity index (χ4n) is 0.981. The summed E-state index contributed by atoms with van der Waals surface area (Å²) in [5, 5.41) is 0. The monoisotopic (exact) mass is 220 g/mol. The second-order valence-electron chi connectivity index (χ2n) is 2.99. The predicted octanol–water partition coefficient (Wildman–Crippen LogP) is 2.91. The lowest BCUT2D eigenvalue weighted by Crippen LogP contribution is -2.19. The zero-order valence-electron chi connectivity index (χ0n) is 8.17. The Balaban J connectivity index is 2.30. The van der Waals surface area contributed by atoms with E-state index in [4.69, 9.17) is 4.74 Å². The minimum absolute atomic E-state index is 0.398. The van der Waals surface area contributed by atoms with Crippen LogP contribution in [0.3, 0.4) is 0 Å². The Kier molecular flexibility index (Phi) is 3.96. The molecule has 0 aliphatic heterocycles. The van der Waals surface area contributed by atoms with Gasteiger partial charge in [-0.15, -0.1) is 0 Å². The van der Waals surface area contributed by atoms with E-state index in [1.807, 2.05) is 6.07 Å². The average molecular weight is 220 g/mol. The lowest BCUT2D eigenvalue weighted by molar-refractivity contribution is -0.186. The van der Waals surface area contributed by atoms with Crippen molar-refractivity contribution in [2.24, 2.45) is 0 Å². The number of benzene rings is 1. The van der Waals surface area contributed by atoms with Crippen LogP contribution < -0.4 is 4.74 Å². The van der Waals surface area contributed by atoms with Gasteiger partial charge >= 0.3 is 6.18 Å². The van der Waals surface area contributed by atoms with Gasteiger partial charge in [-0.3, -0.25) is 0 Å². The Morgan fingerprint density at radius 1 is 1.20 bits per heavy atom. The molecule has 0 fully saturated rings. The van der Waals surface area contributed by atoms with E-state index < -0.39 is 19.6 Å². The molecule has 0 aliphatic carbocycles. The van der Waals surface area contributed by atoms with Gasteiger partial charge in [0, 0.05) is 0 Å². The van der Waals surface area contributed by atoms with E-state index >= 15 is 0 Å². The van der Waals surface area contributed by atoms with Gasteiger partial charge in [0.25, 0.3) is 0 Å². The van der Waals surface area contributed by atoms with Crippen LogP contribution in [0.5, 0.6) is 5.75 Å².